The summed E-state index contributed by atoms with van der Waals surface area (Å²) in [5.74, 6) is 2.29. The molecule has 0 aromatic rings. The molecule has 4 fully saturated rings. The van der Waals surface area contributed by atoms with Gasteiger partial charge in [0.25, 0.3) is 0 Å². The van der Waals surface area contributed by atoms with Crippen molar-refractivity contribution in [2.24, 2.45) is 35.0 Å². The highest BCUT2D eigenvalue weighted by atomic mass is 16.7. The molecule has 5 aliphatic rings. The van der Waals surface area contributed by atoms with Crippen molar-refractivity contribution < 1.29 is 39.8 Å². The number of hydrogen-bond donors (Lipinski definition) is 5. The van der Waals surface area contributed by atoms with E-state index in [0.29, 0.717) is 23.7 Å². The van der Waals surface area contributed by atoms with Crippen LogP contribution in [0.5, 0.6) is 0 Å². The van der Waals surface area contributed by atoms with E-state index >= 15 is 0 Å². The van der Waals surface area contributed by atoms with Crippen LogP contribution in [0, 0.1) is 35.0 Å². The van der Waals surface area contributed by atoms with Gasteiger partial charge in [-0.25, -0.2) is 0 Å². The second kappa shape index (κ2) is 9.54. The minimum Gasteiger partial charge on any atom is -0.394 e. The zero-order chi connectivity index (χ0) is 24.2. The molecule has 12 atom stereocenters. The van der Waals surface area contributed by atoms with Crippen molar-refractivity contribution in [3.63, 3.8) is 0 Å². The monoisotopic (exact) mass is 480 g/mol. The van der Waals surface area contributed by atoms with Crippen LogP contribution in [0.3, 0.4) is 0 Å². The normalized spacial score (nSPS) is 50.6. The lowest BCUT2D eigenvalue weighted by atomic mass is 9.51. The van der Waals surface area contributed by atoms with Gasteiger partial charge in [-0.3, -0.25) is 4.79 Å². The molecular weight excluding hydrogens is 440 g/mol. The second-order valence-electron chi connectivity index (χ2n) is 11.6. The molecular formula is C26H40O8. The zero-order valence-electron chi connectivity index (χ0n) is 20.0. The average molecular weight is 481 g/mol. The van der Waals surface area contributed by atoms with Crippen molar-refractivity contribution in [3.8, 4) is 0 Å². The first-order valence-corrected chi connectivity index (χ1v) is 13.1. The Morgan fingerprint density at radius 2 is 1.82 bits per heavy atom. The fraction of sp³-hybridized carbons (Fsp3) is 0.885. The molecule has 0 spiro atoms. The van der Waals surface area contributed by atoms with Crippen LogP contribution in [-0.2, 0) is 14.3 Å². The van der Waals surface area contributed by atoms with Gasteiger partial charge in [-0.1, -0.05) is 18.6 Å². The lowest BCUT2D eigenvalue weighted by molar-refractivity contribution is -0.299. The van der Waals surface area contributed by atoms with Crippen molar-refractivity contribution in [2.75, 3.05) is 13.2 Å². The predicted octanol–water partition coefficient (Wildman–Crippen LogP) is 0.922. The maximum atomic E-state index is 13.3. The van der Waals surface area contributed by atoms with Gasteiger partial charge < -0.3 is 35.0 Å². The standard InChI is InChI=1S/C26H40O8/c1-26-9-8-16-15-5-3-14(28)10-13(15)2-4-17(16)18(26)6-7-19(26)20(29)12-33-25-24(32)23(31)22(30)21(11-27)34-25/h10,14-19,21-25,27-28,30-32H,2-9,11-12H2,1H3/t14-,15-,16?,17+,18?,19+,21+,22+,23-,24+,25-,26-/m0/s1. The van der Waals surface area contributed by atoms with Gasteiger partial charge in [0.05, 0.1) is 12.7 Å². The third-order valence-corrected chi connectivity index (χ3v) is 10.1. The topological polar surface area (TPSA) is 137 Å². The summed E-state index contributed by atoms with van der Waals surface area (Å²) in [6, 6.07) is 0. The molecule has 1 heterocycles. The third-order valence-electron chi connectivity index (χ3n) is 10.1. The smallest absolute Gasteiger partial charge is 0.187 e. The number of rotatable bonds is 5. The van der Waals surface area contributed by atoms with Gasteiger partial charge in [-0.05, 0) is 80.5 Å². The fourth-order valence-corrected chi connectivity index (χ4v) is 8.31. The first-order valence-electron chi connectivity index (χ1n) is 13.1. The summed E-state index contributed by atoms with van der Waals surface area (Å²) in [5.41, 5.74) is 1.40. The highest BCUT2D eigenvalue weighted by Crippen LogP contribution is 2.63. The van der Waals surface area contributed by atoms with Crippen LogP contribution in [0.4, 0.5) is 0 Å². The Bertz CT molecular complexity index is 798. The Morgan fingerprint density at radius 3 is 2.59 bits per heavy atom. The van der Waals surface area contributed by atoms with E-state index in [1.54, 1.807) is 0 Å². The van der Waals surface area contributed by atoms with Gasteiger partial charge >= 0.3 is 0 Å². The van der Waals surface area contributed by atoms with Crippen molar-refractivity contribution in [1.82, 2.24) is 0 Å². The van der Waals surface area contributed by atoms with E-state index in [2.05, 4.69) is 13.0 Å². The molecule has 2 unspecified atom stereocenters. The van der Waals surface area contributed by atoms with Crippen LogP contribution in [-0.4, -0.2) is 81.3 Å². The first-order chi connectivity index (χ1) is 16.2. The number of Topliss-reactive ketones (excluding diaryl/α,β-unsaturated/α-hetero) is 1. The van der Waals surface area contributed by atoms with E-state index in [4.69, 9.17) is 9.47 Å². The Kier molecular flexibility index (Phi) is 6.96. The Labute approximate surface area is 201 Å². The lowest BCUT2D eigenvalue weighted by Crippen LogP contribution is -2.59. The maximum Gasteiger partial charge on any atom is 0.187 e. The van der Waals surface area contributed by atoms with E-state index in [1.807, 2.05) is 0 Å². The number of ether oxygens (including phenoxy) is 2. The molecule has 34 heavy (non-hydrogen) atoms. The number of fused-ring (bicyclic) bond motifs is 5. The minimum atomic E-state index is -1.51. The summed E-state index contributed by atoms with van der Waals surface area (Å²) in [6.45, 7) is 1.52. The van der Waals surface area contributed by atoms with E-state index < -0.39 is 37.3 Å². The summed E-state index contributed by atoms with van der Waals surface area (Å²) >= 11 is 0. The Balaban J connectivity index is 1.23. The first kappa shape index (κ1) is 24.8. The van der Waals surface area contributed by atoms with Gasteiger partial charge in [-0.15, -0.1) is 0 Å². The molecule has 0 aromatic carbocycles. The van der Waals surface area contributed by atoms with E-state index in [-0.39, 0.29) is 29.8 Å². The number of hydrogen-bond acceptors (Lipinski definition) is 8. The summed E-state index contributed by atoms with van der Waals surface area (Å²) in [6.07, 6.45) is 3.21. The summed E-state index contributed by atoms with van der Waals surface area (Å²) < 4.78 is 11.0. The molecule has 0 bridgehead atoms. The molecule has 8 nitrogen and oxygen atoms in total. The molecule has 4 aliphatic carbocycles. The number of aliphatic hydroxyl groups excluding tert-OH is 5. The van der Waals surface area contributed by atoms with E-state index in [9.17, 15) is 30.3 Å². The molecule has 1 saturated heterocycles. The van der Waals surface area contributed by atoms with E-state index in [1.165, 1.54) is 5.57 Å². The zero-order valence-corrected chi connectivity index (χ0v) is 20.0. The maximum absolute atomic E-state index is 13.3. The molecule has 1 aliphatic heterocycles. The largest absolute Gasteiger partial charge is 0.394 e. The average Bonchev–Trinajstić information content (AvgIpc) is 3.19. The van der Waals surface area contributed by atoms with Gasteiger partial charge in [-0.2, -0.15) is 0 Å². The summed E-state index contributed by atoms with van der Waals surface area (Å²) in [5, 5.41) is 49.5. The van der Waals surface area contributed by atoms with Crippen LogP contribution < -0.4 is 0 Å². The second-order valence-corrected chi connectivity index (χ2v) is 11.6. The highest BCUT2D eigenvalue weighted by molar-refractivity contribution is 5.83. The van der Waals surface area contributed by atoms with Crippen molar-refractivity contribution in [1.29, 1.82) is 0 Å². The van der Waals surface area contributed by atoms with Gasteiger partial charge in [0.2, 0.25) is 0 Å². The molecule has 3 saturated carbocycles. The molecule has 5 N–H and O–H groups in total. The van der Waals surface area contributed by atoms with Crippen LogP contribution in [0.25, 0.3) is 0 Å². The SMILES string of the molecule is C[C@]12CCC3[C@@H](CCC4=C[C@@H](O)CC[C@@H]43)C1CC[C@@H]2C(=O)CO[C@H]1O[C@H](CO)[C@@H](O)[C@H](O)[C@H]1O. The fourth-order valence-electron chi connectivity index (χ4n) is 8.31. The molecule has 8 heteroatoms. The third kappa shape index (κ3) is 4.09. The molecule has 192 valence electrons. The number of allylic oxidation sites excluding steroid dienone is 1. The van der Waals surface area contributed by atoms with Crippen LogP contribution in [0.2, 0.25) is 0 Å². The molecule has 5 rings (SSSR count). The van der Waals surface area contributed by atoms with Crippen molar-refractivity contribution >= 4 is 5.78 Å². The van der Waals surface area contributed by atoms with Gasteiger partial charge in [0, 0.05) is 5.92 Å². The number of carbonyl (C=O) groups excluding carboxylic acids is 1. The van der Waals surface area contributed by atoms with E-state index in [0.717, 1.165) is 51.4 Å². The highest BCUT2D eigenvalue weighted by Gasteiger charge is 2.57. The molecule has 0 aromatic heterocycles. The Hall–Kier alpha value is -0.870. The minimum absolute atomic E-state index is 0.00223. The summed E-state index contributed by atoms with van der Waals surface area (Å²) in [4.78, 5) is 13.3. The lowest BCUT2D eigenvalue weighted by Gasteiger charge is -2.54. The molecule has 0 radical (unpaired) electrons. The molecule has 0 amide bonds. The predicted molar refractivity (Wildman–Crippen MR) is 121 cm³/mol. The number of aliphatic hydroxyl groups is 5. The van der Waals surface area contributed by atoms with Crippen molar-refractivity contribution in [3.05, 3.63) is 11.6 Å². The van der Waals surface area contributed by atoms with Crippen molar-refractivity contribution in [2.45, 2.75) is 95.1 Å². The Morgan fingerprint density at radius 1 is 1.03 bits per heavy atom. The van der Waals surface area contributed by atoms with Gasteiger partial charge in [0.1, 0.15) is 31.0 Å². The number of carbonyl (C=O) groups is 1. The van der Waals surface area contributed by atoms with Crippen LogP contribution in [0.15, 0.2) is 11.6 Å². The number of ketones is 1. The van der Waals surface area contributed by atoms with Crippen LogP contribution in [0.1, 0.15) is 58.3 Å². The van der Waals surface area contributed by atoms with Gasteiger partial charge in [0.15, 0.2) is 12.1 Å². The quantitative estimate of drug-likeness (QED) is 0.367. The summed E-state index contributed by atoms with van der Waals surface area (Å²) in [7, 11) is 0. The van der Waals surface area contributed by atoms with Crippen LogP contribution >= 0.6 is 0 Å².